The van der Waals surface area contributed by atoms with E-state index in [1.807, 2.05) is 30.3 Å². The number of nitrogens with zero attached hydrogens (tertiary/aromatic N) is 4. The third-order valence-corrected chi connectivity index (χ3v) is 5.31. The highest BCUT2D eigenvalue weighted by molar-refractivity contribution is 5.62. The molecule has 1 saturated heterocycles. The smallest absolute Gasteiger partial charge is 0.179 e. The summed E-state index contributed by atoms with van der Waals surface area (Å²) in [5, 5.41) is 13.8. The van der Waals surface area contributed by atoms with Crippen LogP contribution in [0.4, 0.5) is 14.6 Å². The fourth-order valence-corrected chi connectivity index (χ4v) is 3.77. The molecule has 1 fully saturated rings. The van der Waals surface area contributed by atoms with Crippen LogP contribution in [0.5, 0.6) is 0 Å². The summed E-state index contributed by atoms with van der Waals surface area (Å²) in [6.45, 7) is 1.39. The topological polar surface area (TPSA) is 70.9 Å². The Bertz CT molecular complexity index is 1050. The van der Waals surface area contributed by atoms with Crippen molar-refractivity contribution in [3.8, 4) is 17.5 Å². The number of halogens is 2. The lowest BCUT2D eigenvalue weighted by atomic mass is 10.0. The summed E-state index contributed by atoms with van der Waals surface area (Å²) in [6, 6.07) is 13.2. The van der Waals surface area contributed by atoms with Crippen LogP contribution in [0.25, 0.3) is 11.3 Å². The number of likely N-dealkylation sites (tertiary alicyclic amines) is 1. The van der Waals surface area contributed by atoms with Crippen LogP contribution in [0.1, 0.15) is 30.0 Å². The van der Waals surface area contributed by atoms with Crippen molar-refractivity contribution < 1.29 is 8.78 Å². The van der Waals surface area contributed by atoms with Crippen LogP contribution >= 0.6 is 0 Å². The van der Waals surface area contributed by atoms with E-state index in [1.165, 1.54) is 12.1 Å². The fraction of sp³-hybridized carbons (Fsp3) is 0.273. The summed E-state index contributed by atoms with van der Waals surface area (Å²) in [4.78, 5) is 1.73. The molecule has 7 heteroatoms. The summed E-state index contributed by atoms with van der Waals surface area (Å²) < 4.78 is 28.7. The fourth-order valence-electron chi connectivity index (χ4n) is 3.77. The number of piperidine rings is 1. The molecule has 0 amide bonds. The van der Waals surface area contributed by atoms with Crippen LogP contribution in [0.2, 0.25) is 0 Å². The summed E-state index contributed by atoms with van der Waals surface area (Å²) in [6.07, 6.45) is 4.45. The zero-order valence-corrected chi connectivity index (χ0v) is 15.9. The quantitative estimate of drug-likeness (QED) is 0.677. The van der Waals surface area contributed by atoms with Crippen LogP contribution < -0.4 is 5.73 Å². The number of nitrogens with two attached hydrogens (primary N) is 1. The van der Waals surface area contributed by atoms with Gasteiger partial charge in [0.25, 0.3) is 0 Å². The zero-order chi connectivity index (χ0) is 20.4. The first-order chi connectivity index (χ1) is 14.0. The number of aromatic nitrogens is 2. The van der Waals surface area contributed by atoms with E-state index in [4.69, 9.17) is 11.0 Å². The van der Waals surface area contributed by atoms with E-state index in [0.717, 1.165) is 42.3 Å². The van der Waals surface area contributed by atoms with Crippen molar-refractivity contribution in [2.75, 3.05) is 18.8 Å². The highest BCUT2D eigenvalue weighted by atomic mass is 19.1. The second-order valence-electron chi connectivity index (χ2n) is 7.35. The van der Waals surface area contributed by atoms with Gasteiger partial charge in [-0.1, -0.05) is 30.3 Å². The Kier molecular flexibility index (Phi) is 5.17. The summed E-state index contributed by atoms with van der Waals surface area (Å²) >= 11 is 0. The molecule has 0 spiro atoms. The van der Waals surface area contributed by atoms with Crippen LogP contribution in [0, 0.1) is 23.1 Å². The average Bonchev–Trinajstić information content (AvgIpc) is 3.12. The molecule has 1 atom stereocenters. The maximum absolute atomic E-state index is 13.9. The van der Waals surface area contributed by atoms with Gasteiger partial charge in [-0.25, -0.2) is 13.5 Å². The van der Waals surface area contributed by atoms with Crippen molar-refractivity contribution >= 4 is 5.82 Å². The summed E-state index contributed by atoms with van der Waals surface area (Å²) in [5.41, 5.74) is 9.22. The van der Waals surface area contributed by atoms with Crippen molar-refractivity contribution in [3.63, 3.8) is 0 Å². The summed E-state index contributed by atoms with van der Waals surface area (Å²) in [7, 11) is 0. The predicted molar refractivity (Wildman–Crippen MR) is 107 cm³/mol. The largest absolute Gasteiger partial charge is 0.384 e. The zero-order valence-electron chi connectivity index (χ0n) is 15.9. The molecule has 1 aromatic heterocycles. The minimum absolute atomic E-state index is 0.0814. The number of rotatable bonds is 4. The standard InChI is InChI=1S/C22H21F2N5/c23-18-8-7-17(20(24)11-18)10-15-3-5-16(6-4-15)21-12-22(26)29(27-21)19-2-1-9-28(13-19)14-25/h3-8,11-12,19H,1-2,9-10,13,26H2/t19-/m0/s1. The van der Waals surface area contributed by atoms with Crippen molar-refractivity contribution in [3.05, 3.63) is 71.3 Å². The second kappa shape index (κ2) is 7.92. The van der Waals surface area contributed by atoms with Gasteiger partial charge in [-0.2, -0.15) is 10.4 Å². The minimum atomic E-state index is -0.578. The molecule has 1 aliphatic heterocycles. The highest BCUT2D eigenvalue weighted by Crippen LogP contribution is 2.28. The lowest BCUT2D eigenvalue weighted by molar-refractivity contribution is 0.235. The first-order valence-electron chi connectivity index (χ1n) is 9.56. The van der Waals surface area contributed by atoms with Gasteiger partial charge >= 0.3 is 0 Å². The second-order valence-corrected chi connectivity index (χ2v) is 7.35. The number of benzene rings is 2. The van der Waals surface area contributed by atoms with Crippen LogP contribution in [0.15, 0.2) is 48.5 Å². The third kappa shape index (κ3) is 4.06. The lowest BCUT2D eigenvalue weighted by Gasteiger charge is -2.29. The van der Waals surface area contributed by atoms with Crippen molar-refractivity contribution in [2.45, 2.75) is 25.3 Å². The molecule has 0 bridgehead atoms. The maximum Gasteiger partial charge on any atom is 0.179 e. The average molecular weight is 393 g/mol. The van der Waals surface area contributed by atoms with Gasteiger partial charge in [0, 0.05) is 30.7 Å². The molecular weight excluding hydrogens is 372 g/mol. The van der Waals surface area contributed by atoms with Gasteiger partial charge in [-0.15, -0.1) is 0 Å². The SMILES string of the molecule is N#CN1CCC[C@H](n2nc(-c3ccc(Cc4ccc(F)cc4F)cc3)cc2N)C1. The van der Waals surface area contributed by atoms with Gasteiger partial charge in [0.2, 0.25) is 0 Å². The molecule has 0 radical (unpaired) electrons. The summed E-state index contributed by atoms with van der Waals surface area (Å²) in [5.74, 6) is -0.549. The van der Waals surface area contributed by atoms with Crippen molar-refractivity contribution in [2.24, 2.45) is 0 Å². The first-order valence-corrected chi connectivity index (χ1v) is 9.56. The molecule has 29 heavy (non-hydrogen) atoms. The van der Waals surface area contributed by atoms with Gasteiger partial charge in [0.15, 0.2) is 6.19 Å². The maximum atomic E-state index is 13.9. The molecule has 1 aliphatic rings. The molecule has 0 saturated carbocycles. The number of nitriles is 1. The van der Waals surface area contributed by atoms with Gasteiger partial charge in [-0.3, -0.25) is 0 Å². The first kappa shape index (κ1) is 18.9. The monoisotopic (exact) mass is 393 g/mol. The number of hydrogen-bond donors (Lipinski definition) is 1. The molecule has 4 rings (SSSR count). The van der Waals surface area contributed by atoms with E-state index in [0.29, 0.717) is 24.3 Å². The number of hydrogen-bond acceptors (Lipinski definition) is 4. The Hall–Kier alpha value is -3.40. The molecular formula is C22H21F2N5. The Labute approximate surface area is 168 Å². The van der Waals surface area contributed by atoms with E-state index in [-0.39, 0.29) is 6.04 Å². The van der Waals surface area contributed by atoms with E-state index in [9.17, 15) is 8.78 Å². The van der Waals surface area contributed by atoms with E-state index in [1.54, 1.807) is 9.58 Å². The molecule has 5 nitrogen and oxygen atoms in total. The van der Waals surface area contributed by atoms with Crippen LogP contribution in [-0.2, 0) is 6.42 Å². The van der Waals surface area contributed by atoms with Crippen LogP contribution in [-0.4, -0.2) is 27.8 Å². The highest BCUT2D eigenvalue weighted by Gasteiger charge is 2.23. The molecule has 2 N–H and O–H groups in total. The predicted octanol–water partition coefficient (Wildman–Crippen LogP) is 4.12. The lowest BCUT2D eigenvalue weighted by Crippen LogP contribution is -2.34. The van der Waals surface area contributed by atoms with Crippen molar-refractivity contribution in [1.82, 2.24) is 14.7 Å². The molecule has 2 aromatic carbocycles. The Morgan fingerprint density at radius 3 is 2.66 bits per heavy atom. The van der Waals surface area contributed by atoms with E-state index in [2.05, 4.69) is 11.3 Å². The van der Waals surface area contributed by atoms with E-state index < -0.39 is 11.6 Å². The van der Waals surface area contributed by atoms with E-state index >= 15 is 0 Å². The third-order valence-electron chi connectivity index (χ3n) is 5.31. The number of anilines is 1. The molecule has 3 aromatic rings. The molecule has 0 aliphatic carbocycles. The Balaban J connectivity index is 1.51. The molecule has 2 heterocycles. The number of nitrogen functional groups attached to an aromatic ring is 1. The minimum Gasteiger partial charge on any atom is -0.384 e. The van der Waals surface area contributed by atoms with Crippen molar-refractivity contribution in [1.29, 1.82) is 5.26 Å². The van der Waals surface area contributed by atoms with Gasteiger partial charge in [-0.05, 0) is 30.0 Å². The van der Waals surface area contributed by atoms with Crippen LogP contribution in [0.3, 0.4) is 0 Å². The normalized spacial score (nSPS) is 16.6. The van der Waals surface area contributed by atoms with Gasteiger partial charge in [0.05, 0.1) is 18.3 Å². The molecule has 0 unspecified atom stereocenters. The van der Waals surface area contributed by atoms with Gasteiger partial charge in [0.1, 0.15) is 17.5 Å². The van der Waals surface area contributed by atoms with Gasteiger partial charge < -0.3 is 10.6 Å². The Morgan fingerprint density at radius 2 is 1.93 bits per heavy atom. The Morgan fingerprint density at radius 1 is 1.14 bits per heavy atom. The molecule has 148 valence electrons.